The zero-order valence-corrected chi connectivity index (χ0v) is 6.67. The van der Waals surface area contributed by atoms with Gasteiger partial charge in [0.25, 0.3) is 0 Å². The van der Waals surface area contributed by atoms with Crippen LogP contribution in [0.4, 0.5) is 0 Å². The Morgan fingerprint density at radius 1 is 1.70 bits per heavy atom. The van der Waals surface area contributed by atoms with Gasteiger partial charge in [0.1, 0.15) is 19.2 Å². The van der Waals surface area contributed by atoms with Crippen molar-refractivity contribution >= 4 is 0 Å². The van der Waals surface area contributed by atoms with Crippen LogP contribution in [0, 0.1) is 5.21 Å². The first-order valence-electron chi connectivity index (χ1n) is 3.85. The van der Waals surface area contributed by atoms with Crippen LogP contribution in [-0.4, -0.2) is 37.0 Å². The molecule has 0 aromatic heterocycles. The molecule has 0 N–H and O–H groups in total. The summed E-state index contributed by atoms with van der Waals surface area (Å²) in [6, 6.07) is 0. The van der Waals surface area contributed by atoms with Gasteiger partial charge < -0.3 is 14.6 Å². The van der Waals surface area contributed by atoms with Crippen LogP contribution in [0.2, 0.25) is 0 Å². The minimum Gasteiger partial charge on any atom is -0.633 e. The highest BCUT2D eigenvalue weighted by molar-refractivity contribution is 4.56. The number of nitrogens with zero attached hydrogens (tertiary/aromatic N) is 1. The molecule has 2 atom stereocenters. The van der Waals surface area contributed by atoms with Crippen molar-refractivity contribution in [2.75, 3.05) is 26.2 Å². The second-order valence-corrected chi connectivity index (χ2v) is 2.96. The van der Waals surface area contributed by atoms with Crippen molar-refractivity contribution in [2.24, 2.45) is 0 Å². The van der Waals surface area contributed by atoms with Crippen LogP contribution in [0.3, 0.4) is 0 Å². The van der Waals surface area contributed by atoms with E-state index in [1.807, 2.05) is 13.8 Å². The highest BCUT2D eigenvalue weighted by Crippen LogP contribution is 2.12. The number of ether oxygens (including phenoxy) is 1. The van der Waals surface area contributed by atoms with Crippen molar-refractivity contribution < 1.29 is 9.38 Å². The summed E-state index contributed by atoms with van der Waals surface area (Å²) in [5.41, 5.74) is 0. The summed E-state index contributed by atoms with van der Waals surface area (Å²) in [7, 11) is 0. The van der Waals surface area contributed by atoms with Gasteiger partial charge in [-0.1, -0.05) is 0 Å². The molecule has 0 aromatic carbocycles. The maximum atomic E-state index is 11.6. The average molecular weight is 145 g/mol. The normalized spacial score (nSPS) is 41.7. The third-order valence-electron chi connectivity index (χ3n) is 2.07. The molecule has 1 heterocycles. The van der Waals surface area contributed by atoms with Gasteiger partial charge in [-0.15, -0.1) is 0 Å². The Morgan fingerprint density at radius 2 is 2.40 bits per heavy atom. The Kier molecular flexibility index (Phi) is 2.28. The van der Waals surface area contributed by atoms with E-state index in [4.69, 9.17) is 4.74 Å². The summed E-state index contributed by atoms with van der Waals surface area (Å²) in [5.74, 6) is 0. The van der Waals surface area contributed by atoms with Crippen molar-refractivity contribution in [3.63, 3.8) is 0 Å². The molecule has 1 rings (SSSR count). The highest BCUT2D eigenvalue weighted by atomic mass is 16.6. The maximum absolute atomic E-state index is 11.6. The van der Waals surface area contributed by atoms with Gasteiger partial charge in [-0.2, -0.15) is 0 Å². The van der Waals surface area contributed by atoms with Crippen LogP contribution in [0.25, 0.3) is 0 Å². The quantitative estimate of drug-likeness (QED) is 0.402. The lowest BCUT2D eigenvalue weighted by molar-refractivity contribution is -0.890. The predicted octanol–water partition coefficient (Wildman–Crippen LogP) is 0.740. The van der Waals surface area contributed by atoms with E-state index in [9.17, 15) is 5.21 Å². The Balaban J connectivity index is 2.45. The summed E-state index contributed by atoms with van der Waals surface area (Å²) in [6.45, 7) is 6.44. The van der Waals surface area contributed by atoms with E-state index >= 15 is 0 Å². The Hall–Kier alpha value is -0.120. The summed E-state index contributed by atoms with van der Waals surface area (Å²) in [5, 5.41) is 11.6. The summed E-state index contributed by atoms with van der Waals surface area (Å²) in [4.78, 5) is 0. The van der Waals surface area contributed by atoms with Crippen LogP contribution < -0.4 is 0 Å². The lowest BCUT2D eigenvalue weighted by atomic mass is 10.3. The van der Waals surface area contributed by atoms with Crippen molar-refractivity contribution in [1.82, 2.24) is 0 Å². The molecular weight excluding hydrogens is 130 g/mol. The molecule has 0 saturated carbocycles. The highest BCUT2D eigenvalue weighted by Gasteiger charge is 2.23. The zero-order valence-electron chi connectivity index (χ0n) is 6.67. The van der Waals surface area contributed by atoms with Crippen LogP contribution in [0.1, 0.15) is 13.8 Å². The molecule has 2 unspecified atom stereocenters. The van der Waals surface area contributed by atoms with E-state index in [1.54, 1.807) is 0 Å². The predicted molar refractivity (Wildman–Crippen MR) is 39.3 cm³/mol. The van der Waals surface area contributed by atoms with Crippen LogP contribution in [-0.2, 0) is 4.74 Å². The maximum Gasteiger partial charge on any atom is 0.105 e. The molecule has 1 saturated heterocycles. The fourth-order valence-electron chi connectivity index (χ4n) is 1.32. The molecule has 0 amide bonds. The summed E-state index contributed by atoms with van der Waals surface area (Å²) < 4.78 is 5.19. The summed E-state index contributed by atoms with van der Waals surface area (Å²) >= 11 is 0. The minimum atomic E-state index is -0.0683. The molecule has 10 heavy (non-hydrogen) atoms. The lowest BCUT2D eigenvalue weighted by Gasteiger charge is -2.46. The third kappa shape index (κ3) is 1.68. The van der Waals surface area contributed by atoms with Crippen LogP contribution >= 0.6 is 0 Å². The van der Waals surface area contributed by atoms with Crippen molar-refractivity contribution in [3.8, 4) is 0 Å². The van der Waals surface area contributed by atoms with Crippen LogP contribution in [0.5, 0.6) is 0 Å². The molecule has 1 aliphatic rings. The third-order valence-corrected chi connectivity index (χ3v) is 2.07. The second kappa shape index (κ2) is 2.86. The monoisotopic (exact) mass is 145 g/mol. The lowest BCUT2D eigenvalue weighted by Crippen LogP contribution is -2.53. The first-order valence-corrected chi connectivity index (χ1v) is 3.85. The molecule has 0 spiro atoms. The van der Waals surface area contributed by atoms with E-state index in [1.165, 1.54) is 0 Å². The fraction of sp³-hybridized carbons (Fsp3) is 1.00. The number of morpholine rings is 1. The van der Waals surface area contributed by atoms with E-state index < -0.39 is 0 Å². The Labute approximate surface area is 61.8 Å². The van der Waals surface area contributed by atoms with Crippen molar-refractivity contribution in [3.05, 3.63) is 5.21 Å². The molecule has 0 aromatic rings. The first-order chi connectivity index (χ1) is 4.66. The molecule has 0 aliphatic carbocycles. The van der Waals surface area contributed by atoms with Gasteiger partial charge in [0.2, 0.25) is 0 Å². The first kappa shape index (κ1) is 7.98. The van der Waals surface area contributed by atoms with Crippen molar-refractivity contribution in [1.29, 1.82) is 0 Å². The number of rotatable bonds is 1. The number of quaternary nitrogens is 1. The minimum absolute atomic E-state index is 0.0683. The molecule has 3 heteroatoms. The van der Waals surface area contributed by atoms with Gasteiger partial charge in [-0.05, 0) is 13.8 Å². The van der Waals surface area contributed by atoms with Gasteiger partial charge in [-0.25, -0.2) is 0 Å². The molecule has 1 aliphatic heterocycles. The second-order valence-electron chi connectivity index (χ2n) is 2.96. The zero-order chi connectivity index (χ0) is 7.61. The topological polar surface area (TPSA) is 32.3 Å². The Morgan fingerprint density at radius 3 is 2.80 bits per heavy atom. The number of hydrogen-bond donors (Lipinski definition) is 0. The van der Waals surface area contributed by atoms with E-state index in [-0.39, 0.29) is 10.8 Å². The smallest absolute Gasteiger partial charge is 0.105 e. The summed E-state index contributed by atoms with van der Waals surface area (Å²) in [6.07, 6.45) is 0.145. The van der Waals surface area contributed by atoms with Crippen molar-refractivity contribution in [2.45, 2.75) is 20.0 Å². The van der Waals surface area contributed by atoms with Gasteiger partial charge in [-0.3, -0.25) is 0 Å². The number of likely N-dealkylation sites (N-methyl/N-ethyl adjacent to an activating group) is 1. The Bertz CT molecular complexity index is 118. The fourth-order valence-corrected chi connectivity index (χ4v) is 1.32. The van der Waals surface area contributed by atoms with Gasteiger partial charge in [0.15, 0.2) is 0 Å². The van der Waals surface area contributed by atoms with E-state index in [0.717, 1.165) is 0 Å². The van der Waals surface area contributed by atoms with E-state index in [0.29, 0.717) is 26.2 Å². The molecule has 0 radical (unpaired) electrons. The number of hydrogen-bond acceptors (Lipinski definition) is 2. The van der Waals surface area contributed by atoms with Gasteiger partial charge >= 0.3 is 0 Å². The molecule has 1 fully saturated rings. The molecule has 60 valence electrons. The molecule has 0 bridgehead atoms. The average Bonchev–Trinajstić information content (AvgIpc) is 1.88. The standard InChI is InChI=1S/C7H15NO2/c1-3-8(9)4-5-10-7(2)6-8/h7H,3-6H2,1-2H3. The molecule has 3 nitrogen and oxygen atoms in total. The molecular formula is C7H15NO2. The van der Waals surface area contributed by atoms with Gasteiger partial charge in [0, 0.05) is 0 Å². The van der Waals surface area contributed by atoms with Crippen LogP contribution in [0.15, 0.2) is 0 Å². The van der Waals surface area contributed by atoms with E-state index in [2.05, 4.69) is 0 Å². The van der Waals surface area contributed by atoms with Gasteiger partial charge in [0.05, 0.1) is 13.2 Å². The largest absolute Gasteiger partial charge is 0.633 e. The number of hydroxylamine groups is 3. The SMILES string of the molecule is CC[N+]1([O-])CCOC(C)C1.